The molecule has 0 bridgehead atoms. The molecular weight excluding hydrogens is 328 g/mol. The van der Waals surface area contributed by atoms with Gasteiger partial charge in [0.15, 0.2) is 0 Å². The topological polar surface area (TPSA) is 36.3 Å². The normalized spacial score (nSPS) is 10.4. The number of nitrogens with zero attached hydrogens (tertiary/aromatic N) is 2. The molecule has 2 rings (SSSR count). The van der Waals surface area contributed by atoms with Gasteiger partial charge in [0.25, 0.3) is 0 Å². The fraction of sp³-hybridized carbons (Fsp3) is 0.235. The first-order chi connectivity index (χ1) is 10.1. The average Bonchev–Trinajstić information content (AvgIpc) is 2.49. The molecule has 21 heavy (non-hydrogen) atoms. The summed E-state index contributed by atoms with van der Waals surface area (Å²) in [5.74, 6) is 0.855. The highest BCUT2D eigenvalue weighted by atomic mass is 79.9. The minimum Gasteiger partial charge on any atom is -0.497 e. The second-order valence-corrected chi connectivity index (χ2v) is 5.80. The molecule has 2 aromatic rings. The third kappa shape index (κ3) is 4.32. The van der Waals surface area contributed by atoms with Crippen molar-refractivity contribution in [3.8, 4) is 11.8 Å². The van der Waals surface area contributed by atoms with E-state index < -0.39 is 0 Å². The summed E-state index contributed by atoms with van der Waals surface area (Å²) in [7, 11) is 3.73. The molecule has 0 saturated carbocycles. The molecule has 0 N–H and O–H groups in total. The quantitative estimate of drug-likeness (QED) is 0.823. The van der Waals surface area contributed by atoms with Gasteiger partial charge in [-0.3, -0.25) is 4.90 Å². The zero-order valence-electron chi connectivity index (χ0n) is 12.1. The first-order valence-corrected chi connectivity index (χ1v) is 7.41. The van der Waals surface area contributed by atoms with Crippen LogP contribution in [0.3, 0.4) is 0 Å². The minimum atomic E-state index is 0.698. The number of methoxy groups -OCH3 is 1. The Labute approximate surface area is 133 Å². The van der Waals surface area contributed by atoms with Crippen LogP contribution < -0.4 is 4.74 Å². The fourth-order valence-electron chi connectivity index (χ4n) is 2.20. The van der Waals surface area contributed by atoms with Gasteiger partial charge in [-0.15, -0.1) is 0 Å². The number of rotatable bonds is 5. The van der Waals surface area contributed by atoms with Crippen molar-refractivity contribution in [1.29, 1.82) is 5.26 Å². The molecular formula is C17H17BrN2O. The maximum atomic E-state index is 8.94. The van der Waals surface area contributed by atoms with Crippen LogP contribution in [0.2, 0.25) is 0 Å². The standard InChI is InChI=1S/C17H17BrN2O/c1-20(11-14-5-3-4-13(8-14)10-19)12-15-9-16(21-2)6-7-17(15)18/h3-9H,11-12H2,1-2H3. The lowest BCUT2D eigenvalue weighted by Gasteiger charge is -2.18. The van der Waals surface area contributed by atoms with E-state index in [9.17, 15) is 0 Å². The van der Waals surface area contributed by atoms with Crippen molar-refractivity contribution in [2.45, 2.75) is 13.1 Å². The SMILES string of the molecule is COc1ccc(Br)c(CN(C)Cc2cccc(C#N)c2)c1. The second kappa shape index (κ2) is 7.26. The summed E-state index contributed by atoms with van der Waals surface area (Å²) >= 11 is 3.57. The van der Waals surface area contributed by atoms with Crippen LogP contribution in [0.15, 0.2) is 46.9 Å². The molecule has 0 aromatic heterocycles. The van der Waals surface area contributed by atoms with Crippen LogP contribution in [0.5, 0.6) is 5.75 Å². The van der Waals surface area contributed by atoms with Crippen LogP contribution in [0.1, 0.15) is 16.7 Å². The highest BCUT2D eigenvalue weighted by molar-refractivity contribution is 9.10. The predicted molar refractivity (Wildman–Crippen MR) is 87.0 cm³/mol. The van der Waals surface area contributed by atoms with Gasteiger partial charge in [-0.05, 0) is 48.5 Å². The molecule has 0 radical (unpaired) electrons. The van der Waals surface area contributed by atoms with Crippen LogP contribution in [0.25, 0.3) is 0 Å². The van der Waals surface area contributed by atoms with E-state index >= 15 is 0 Å². The molecule has 0 aliphatic rings. The molecule has 108 valence electrons. The van der Waals surface area contributed by atoms with Crippen molar-refractivity contribution in [1.82, 2.24) is 4.90 Å². The van der Waals surface area contributed by atoms with E-state index in [1.165, 1.54) is 5.56 Å². The lowest BCUT2D eigenvalue weighted by Crippen LogP contribution is -2.17. The summed E-state index contributed by atoms with van der Waals surface area (Å²) in [6, 6.07) is 15.8. The molecule has 0 aliphatic heterocycles. The summed E-state index contributed by atoms with van der Waals surface area (Å²) < 4.78 is 6.33. The maximum Gasteiger partial charge on any atom is 0.119 e. The van der Waals surface area contributed by atoms with Gasteiger partial charge in [-0.1, -0.05) is 28.1 Å². The molecule has 0 unspecified atom stereocenters. The smallest absolute Gasteiger partial charge is 0.119 e. The fourth-order valence-corrected chi connectivity index (χ4v) is 2.57. The Morgan fingerprint density at radius 1 is 1.19 bits per heavy atom. The van der Waals surface area contributed by atoms with Gasteiger partial charge < -0.3 is 4.74 Å². The number of hydrogen-bond acceptors (Lipinski definition) is 3. The summed E-state index contributed by atoms with van der Waals surface area (Å²) in [5, 5.41) is 8.94. The number of halogens is 1. The van der Waals surface area contributed by atoms with E-state index in [1.807, 2.05) is 42.5 Å². The van der Waals surface area contributed by atoms with Gasteiger partial charge in [0, 0.05) is 17.6 Å². The number of hydrogen-bond donors (Lipinski definition) is 0. The molecule has 0 fully saturated rings. The molecule has 0 amide bonds. The Kier molecular flexibility index (Phi) is 5.38. The molecule has 0 atom stereocenters. The van der Waals surface area contributed by atoms with Crippen molar-refractivity contribution in [3.05, 3.63) is 63.6 Å². The van der Waals surface area contributed by atoms with Gasteiger partial charge in [0.1, 0.15) is 5.75 Å². The lowest BCUT2D eigenvalue weighted by molar-refractivity contribution is 0.317. The largest absolute Gasteiger partial charge is 0.497 e. The molecule has 3 nitrogen and oxygen atoms in total. The van der Waals surface area contributed by atoms with E-state index in [1.54, 1.807) is 7.11 Å². The maximum absolute atomic E-state index is 8.94. The Morgan fingerprint density at radius 2 is 2.00 bits per heavy atom. The monoisotopic (exact) mass is 344 g/mol. The lowest BCUT2D eigenvalue weighted by atomic mass is 10.1. The molecule has 4 heteroatoms. The number of ether oxygens (including phenoxy) is 1. The van der Waals surface area contributed by atoms with Crippen molar-refractivity contribution in [2.75, 3.05) is 14.2 Å². The van der Waals surface area contributed by atoms with E-state index in [0.29, 0.717) is 5.56 Å². The molecule has 0 saturated heterocycles. The van der Waals surface area contributed by atoms with Crippen molar-refractivity contribution >= 4 is 15.9 Å². The van der Waals surface area contributed by atoms with E-state index in [0.717, 1.165) is 28.9 Å². The Hall–Kier alpha value is -1.83. The summed E-state index contributed by atoms with van der Waals surface area (Å²) in [4.78, 5) is 2.20. The summed E-state index contributed by atoms with van der Waals surface area (Å²) in [5.41, 5.74) is 3.01. The second-order valence-electron chi connectivity index (χ2n) is 4.94. The third-order valence-electron chi connectivity index (χ3n) is 3.20. The third-order valence-corrected chi connectivity index (χ3v) is 3.98. The van der Waals surface area contributed by atoms with Crippen molar-refractivity contribution < 1.29 is 4.74 Å². The average molecular weight is 345 g/mol. The Morgan fingerprint density at radius 3 is 2.71 bits per heavy atom. The molecule has 0 heterocycles. The first-order valence-electron chi connectivity index (χ1n) is 6.62. The Balaban J connectivity index is 2.07. The molecule has 0 spiro atoms. The predicted octanol–water partition coefficient (Wildman–Crippen LogP) is 3.96. The van der Waals surface area contributed by atoms with Crippen molar-refractivity contribution in [3.63, 3.8) is 0 Å². The van der Waals surface area contributed by atoms with E-state index in [2.05, 4.69) is 33.9 Å². The van der Waals surface area contributed by atoms with Gasteiger partial charge in [0.2, 0.25) is 0 Å². The van der Waals surface area contributed by atoms with Crippen LogP contribution in [0.4, 0.5) is 0 Å². The van der Waals surface area contributed by atoms with Gasteiger partial charge in [-0.2, -0.15) is 5.26 Å². The molecule has 2 aromatic carbocycles. The zero-order chi connectivity index (χ0) is 15.2. The highest BCUT2D eigenvalue weighted by Gasteiger charge is 2.07. The number of benzene rings is 2. The molecule has 0 aliphatic carbocycles. The minimum absolute atomic E-state index is 0.698. The first kappa shape index (κ1) is 15.6. The van der Waals surface area contributed by atoms with Crippen LogP contribution >= 0.6 is 15.9 Å². The van der Waals surface area contributed by atoms with Gasteiger partial charge in [-0.25, -0.2) is 0 Å². The van der Waals surface area contributed by atoms with Crippen molar-refractivity contribution in [2.24, 2.45) is 0 Å². The zero-order valence-corrected chi connectivity index (χ0v) is 13.7. The Bertz CT molecular complexity index is 664. The van der Waals surface area contributed by atoms with Crippen LogP contribution in [-0.2, 0) is 13.1 Å². The van der Waals surface area contributed by atoms with E-state index in [-0.39, 0.29) is 0 Å². The summed E-state index contributed by atoms with van der Waals surface area (Å²) in [6.45, 7) is 1.59. The van der Waals surface area contributed by atoms with Gasteiger partial charge in [0.05, 0.1) is 18.7 Å². The summed E-state index contributed by atoms with van der Waals surface area (Å²) in [6.07, 6.45) is 0. The van der Waals surface area contributed by atoms with Gasteiger partial charge >= 0.3 is 0 Å². The van der Waals surface area contributed by atoms with Crippen LogP contribution in [0, 0.1) is 11.3 Å². The highest BCUT2D eigenvalue weighted by Crippen LogP contribution is 2.24. The number of nitriles is 1. The van der Waals surface area contributed by atoms with E-state index in [4.69, 9.17) is 10.00 Å². The van der Waals surface area contributed by atoms with Crippen LogP contribution in [-0.4, -0.2) is 19.1 Å².